The van der Waals surface area contributed by atoms with E-state index < -0.39 is 16.1 Å². The molecule has 3 nitrogen and oxygen atoms in total. The van der Waals surface area contributed by atoms with E-state index in [0.717, 1.165) is 63.7 Å². The molecule has 42 heavy (non-hydrogen) atoms. The number of rotatable bonds is 6. The van der Waals surface area contributed by atoms with Crippen molar-refractivity contribution >= 4 is 62.1 Å². The summed E-state index contributed by atoms with van der Waals surface area (Å²) in [6.45, 7) is 31.3. The standard InChI is InChI=1S/C26H27Cl2N3.2C4H11Si.Fe/c1-6-19-10-8-11-21(27)25(19)29-17(4)23-12-9-13-24(31-23)18(5)30-26-20(7-2)14-16(3)15-22(26)28;2*1-5(2,3)4;/h8-15H,6-7H2,1-5H3;2*1H2,2-4H3;/q;2*-1;+2. The van der Waals surface area contributed by atoms with Crippen molar-refractivity contribution in [2.45, 2.75) is 86.7 Å². The maximum Gasteiger partial charge on any atom is 2.00 e. The molecule has 0 atom stereocenters. The number of aromatic nitrogens is 1. The number of hydrogen-bond acceptors (Lipinski definition) is 3. The van der Waals surface area contributed by atoms with Gasteiger partial charge in [0.15, 0.2) is 0 Å². The predicted molar refractivity (Wildman–Crippen MR) is 192 cm³/mol. The van der Waals surface area contributed by atoms with E-state index in [1.807, 2.05) is 57.2 Å². The Balaban J connectivity index is 0.00000132. The molecule has 230 valence electrons. The van der Waals surface area contributed by atoms with Crippen LogP contribution >= 0.6 is 23.2 Å². The summed E-state index contributed by atoms with van der Waals surface area (Å²) in [5.41, 5.74) is 8.19. The van der Waals surface area contributed by atoms with Crippen LogP contribution in [0.4, 0.5) is 11.4 Å². The van der Waals surface area contributed by atoms with Crippen LogP contribution in [-0.2, 0) is 29.9 Å². The van der Waals surface area contributed by atoms with Crippen LogP contribution in [0, 0.1) is 20.0 Å². The fraction of sp³-hybridized carbons (Fsp3) is 0.382. The molecule has 0 aliphatic rings. The summed E-state index contributed by atoms with van der Waals surface area (Å²) >= 11 is 12.9. The zero-order valence-corrected chi connectivity index (χ0v) is 32.0. The van der Waals surface area contributed by atoms with Crippen molar-refractivity contribution in [3.05, 3.63) is 99.7 Å². The molecule has 8 heteroatoms. The van der Waals surface area contributed by atoms with Crippen molar-refractivity contribution in [2.75, 3.05) is 0 Å². The zero-order chi connectivity index (χ0) is 31.5. The van der Waals surface area contributed by atoms with E-state index in [0.29, 0.717) is 10.0 Å². The third-order valence-electron chi connectivity index (χ3n) is 5.17. The minimum absolute atomic E-state index is 0. The van der Waals surface area contributed by atoms with Gasteiger partial charge in [0, 0.05) is 0 Å². The zero-order valence-electron chi connectivity index (χ0n) is 27.4. The van der Waals surface area contributed by atoms with Gasteiger partial charge in [0.1, 0.15) is 0 Å². The second kappa shape index (κ2) is 18.3. The Morgan fingerprint density at radius 3 is 1.55 bits per heavy atom. The van der Waals surface area contributed by atoms with Gasteiger partial charge in [0.05, 0.1) is 44.2 Å². The number of benzene rings is 2. The fourth-order valence-electron chi connectivity index (χ4n) is 3.46. The molecule has 3 rings (SSSR count). The Morgan fingerprint density at radius 2 is 1.12 bits per heavy atom. The van der Waals surface area contributed by atoms with Crippen LogP contribution in [0.1, 0.15) is 55.8 Å². The maximum atomic E-state index is 6.50. The van der Waals surface area contributed by atoms with Crippen molar-refractivity contribution in [3.63, 3.8) is 0 Å². The Bertz CT molecular complexity index is 1330. The van der Waals surface area contributed by atoms with Crippen LogP contribution in [0.2, 0.25) is 49.3 Å². The topological polar surface area (TPSA) is 37.6 Å². The normalized spacial score (nSPS) is 12.0. The number of aliphatic imine (C=N–C) groups is 2. The van der Waals surface area contributed by atoms with Gasteiger partial charge in [-0.1, -0.05) is 101 Å². The number of hydrogen-bond donors (Lipinski definition) is 0. The average molecular weight is 683 g/mol. The Kier molecular flexibility index (Phi) is 17.6. The van der Waals surface area contributed by atoms with Crippen LogP contribution < -0.4 is 0 Å². The molecule has 0 saturated heterocycles. The summed E-state index contributed by atoms with van der Waals surface area (Å²) in [7, 11) is -1.72. The largest absolute Gasteiger partial charge is 2.00 e. The van der Waals surface area contributed by atoms with Gasteiger partial charge in [0.2, 0.25) is 0 Å². The van der Waals surface area contributed by atoms with Crippen molar-refractivity contribution in [2.24, 2.45) is 9.98 Å². The minimum atomic E-state index is -0.861. The monoisotopic (exact) mass is 681 g/mol. The number of para-hydroxylation sites is 1. The first-order chi connectivity index (χ1) is 18.8. The second-order valence-electron chi connectivity index (χ2n) is 12.6. The first-order valence-electron chi connectivity index (χ1n) is 14.2. The Hall–Kier alpha value is -1.54. The van der Waals surface area contributed by atoms with Gasteiger partial charge >= 0.3 is 17.1 Å². The molecule has 3 aromatic rings. The first-order valence-corrected chi connectivity index (χ1v) is 22.4. The molecular weight excluding hydrogens is 633 g/mol. The van der Waals surface area contributed by atoms with Crippen LogP contribution in [0.5, 0.6) is 0 Å². The molecule has 0 aliphatic heterocycles. The predicted octanol–water partition coefficient (Wildman–Crippen LogP) is 11.5. The molecule has 0 N–H and O–H groups in total. The summed E-state index contributed by atoms with van der Waals surface area (Å²) < 4.78 is 0. The number of nitrogens with zero attached hydrogens (tertiary/aromatic N) is 3. The van der Waals surface area contributed by atoms with E-state index in [1.165, 1.54) is 0 Å². The van der Waals surface area contributed by atoms with Gasteiger partial charge in [-0.15, -0.1) is 16.1 Å². The average Bonchev–Trinajstić information content (AvgIpc) is 2.84. The van der Waals surface area contributed by atoms with Crippen LogP contribution in [0.25, 0.3) is 0 Å². The second-order valence-corrected chi connectivity index (χ2v) is 23.7. The molecule has 0 bridgehead atoms. The van der Waals surface area contributed by atoms with E-state index in [1.54, 1.807) is 0 Å². The van der Waals surface area contributed by atoms with Crippen LogP contribution in [0.15, 0.2) is 58.5 Å². The fourth-order valence-corrected chi connectivity index (χ4v) is 4.03. The van der Waals surface area contributed by atoms with Crippen LogP contribution in [0.3, 0.4) is 0 Å². The summed E-state index contributed by atoms with van der Waals surface area (Å²) in [6.07, 6.45) is 1.73. The molecule has 0 spiro atoms. The number of aryl methyl sites for hydroxylation is 3. The van der Waals surface area contributed by atoms with E-state index in [4.69, 9.17) is 38.2 Å². The molecule has 0 radical (unpaired) electrons. The first kappa shape index (κ1) is 40.5. The molecule has 0 unspecified atom stereocenters. The van der Waals surface area contributed by atoms with Gasteiger partial charge in [0.25, 0.3) is 0 Å². The molecular formula is C34H49Cl2FeN3Si2. The third-order valence-corrected chi connectivity index (χ3v) is 5.76. The molecule has 0 aliphatic carbocycles. The van der Waals surface area contributed by atoms with Crippen molar-refractivity contribution < 1.29 is 17.1 Å². The summed E-state index contributed by atoms with van der Waals surface area (Å²) in [4.78, 5) is 14.4. The minimum Gasteiger partial charge on any atom is -0.342 e. The van der Waals surface area contributed by atoms with E-state index in [-0.39, 0.29) is 17.1 Å². The van der Waals surface area contributed by atoms with E-state index in [9.17, 15) is 0 Å². The van der Waals surface area contributed by atoms with Crippen molar-refractivity contribution in [1.82, 2.24) is 4.98 Å². The van der Waals surface area contributed by atoms with Gasteiger partial charge in [-0.05, 0) is 74.6 Å². The van der Waals surface area contributed by atoms with Crippen molar-refractivity contribution in [1.29, 1.82) is 0 Å². The van der Waals surface area contributed by atoms with Gasteiger partial charge in [-0.2, -0.15) is 0 Å². The molecule has 0 amide bonds. The maximum absolute atomic E-state index is 6.50. The SMILES string of the molecule is CCc1cccc(Cl)c1N=C(C)c1cccc(C(C)=Nc2c(Cl)cc(C)cc2CC)n1.[CH2-][Si](C)(C)C.[CH2-][Si](C)(C)C.[Fe+2]. The number of pyridine rings is 1. The summed E-state index contributed by atoms with van der Waals surface area (Å²) in [5, 5.41) is 1.31. The van der Waals surface area contributed by atoms with Gasteiger partial charge in [-0.3, -0.25) is 0 Å². The molecule has 0 fully saturated rings. The van der Waals surface area contributed by atoms with E-state index in [2.05, 4.69) is 78.4 Å². The Labute approximate surface area is 279 Å². The van der Waals surface area contributed by atoms with Crippen molar-refractivity contribution in [3.8, 4) is 0 Å². The molecule has 1 aromatic heterocycles. The third kappa shape index (κ3) is 15.8. The quantitative estimate of drug-likeness (QED) is 0.145. The smallest absolute Gasteiger partial charge is 0.342 e. The Morgan fingerprint density at radius 1 is 0.714 bits per heavy atom. The summed E-state index contributed by atoms with van der Waals surface area (Å²) in [6, 6.07) is 15.8. The van der Waals surface area contributed by atoms with Gasteiger partial charge in [-0.25, -0.2) is 15.0 Å². The van der Waals surface area contributed by atoms with Crippen LogP contribution in [-0.4, -0.2) is 32.6 Å². The number of halogens is 2. The van der Waals surface area contributed by atoms with Gasteiger partial charge < -0.3 is 13.1 Å². The molecule has 1 heterocycles. The molecule has 0 saturated carbocycles. The molecule has 2 aromatic carbocycles. The summed E-state index contributed by atoms with van der Waals surface area (Å²) in [5.74, 6) is 0. The van der Waals surface area contributed by atoms with E-state index >= 15 is 0 Å².